The van der Waals surface area contributed by atoms with Crippen molar-refractivity contribution in [3.05, 3.63) is 35.7 Å². The van der Waals surface area contributed by atoms with Crippen LogP contribution in [0.15, 0.2) is 24.4 Å². The molecule has 3 rings (SSSR count). The van der Waals surface area contributed by atoms with Crippen LogP contribution >= 0.6 is 0 Å². The molecule has 0 saturated carbocycles. The van der Waals surface area contributed by atoms with Gasteiger partial charge in [0.1, 0.15) is 24.3 Å². The van der Waals surface area contributed by atoms with E-state index in [0.29, 0.717) is 36.0 Å². The monoisotopic (exact) mass is 253 g/mol. The van der Waals surface area contributed by atoms with Crippen molar-refractivity contribution >= 4 is 5.78 Å². The minimum atomic E-state index is -0.00305. The molecule has 5 heteroatoms. The predicted octanol–water partition coefficient (Wildman–Crippen LogP) is 2.02. The Morgan fingerprint density at radius 1 is 1.53 bits per heavy atom. The fourth-order valence-electron chi connectivity index (χ4n) is 2.15. The Kier molecular flexibility index (Phi) is 2.57. The molecule has 2 aromatic rings. The molecule has 0 fully saturated rings. The highest BCUT2D eigenvalue weighted by Crippen LogP contribution is 2.32. The molecular weight excluding hydrogens is 242 g/mol. The number of aromatic nitrogens is 2. The highest BCUT2D eigenvalue weighted by atomic mass is 16.5. The second-order valence-corrected chi connectivity index (χ2v) is 4.37. The third-order valence-electron chi connectivity index (χ3n) is 3.11. The summed E-state index contributed by atoms with van der Waals surface area (Å²) < 4.78 is 7.56. The molecule has 19 heavy (non-hydrogen) atoms. The summed E-state index contributed by atoms with van der Waals surface area (Å²) in [7, 11) is 0. The lowest BCUT2D eigenvalue weighted by molar-refractivity contribution is 0.101. The molecule has 0 amide bonds. The van der Waals surface area contributed by atoms with Gasteiger partial charge in [0, 0.05) is 11.8 Å². The van der Waals surface area contributed by atoms with Crippen molar-refractivity contribution in [3.63, 3.8) is 0 Å². The second-order valence-electron chi connectivity index (χ2n) is 4.37. The summed E-state index contributed by atoms with van der Waals surface area (Å²) in [4.78, 5) is 15.7. The van der Waals surface area contributed by atoms with E-state index >= 15 is 0 Å². The van der Waals surface area contributed by atoms with Crippen molar-refractivity contribution in [2.45, 2.75) is 13.5 Å². The van der Waals surface area contributed by atoms with E-state index in [4.69, 9.17) is 10.00 Å². The van der Waals surface area contributed by atoms with Gasteiger partial charge in [-0.15, -0.1) is 0 Å². The van der Waals surface area contributed by atoms with Gasteiger partial charge < -0.3 is 9.30 Å². The Morgan fingerprint density at radius 3 is 3.11 bits per heavy atom. The molecule has 1 aromatic heterocycles. The molecule has 0 saturated heterocycles. The van der Waals surface area contributed by atoms with E-state index in [-0.39, 0.29) is 5.78 Å². The topological polar surface area (TPSA) is 67.9 Å². The number of Topliss-reactive ketones (excluding diaryl/α,β-unsaturated/α-hetero) is 1. The van der Waals surface area contributed by atoms with Gasteiger partial charge in [-0.25, -0.2) is 4.98 Å². The number of rotatable bonds is 1. The van der Waals surface area contributed by atoms with Gasteiger partial charge in [-0.1, -0.05) is 6.07 Å². The molecule has 2 heterocycles. The second kappa shape index (κ2) is 4.25. The molecule has 0 atom stereocenters. The van der Waals surface area contributed by atoms with Crippen molar-refractivity contribution in [1.82, 2.24) is 9.55 Å². The van der Waals surface area contributed by atoms with Gasteiger partial charge in [-0.2, -0.15) is 5.26 Å². The van der Waals surface area contributed by atoms with Crippen LogP contribution in [-0.2, 0) is 6.54 Å². The lowest BCUT2D eigenvalue weighted by Gasteiger charge is -2.07. The van der Waals surface area contributed by atoms with Gasteiger partial charge in [0.25, 0.3) is 0 Å². The Balaban J connectivity index is 2.18. The van der Waals surface area contributed by atoms with Crippen LogP contribution in [0.3, 0.4) is 0 Å². The fraction of sp³-hybridized carbons (Fsp3) is 0.214. The number of fused-ring (bicyclic) bond motifs is 3. The van der Waals surface area contributed by atoms with E-state index in [1.807, 2.05) is 16.7 Å². The number of benzene rings is 1. The summed E-state index contributed by atoms with van der Waals surface area (Å²) in [6, 6.07) is 7.34. The first kappa shape index (κ1) is 11.5. The third kappa shape index (κ3) is 1.87. The number of ether oxygens (including phenoxy) is 1. The minimum Gasteiger partial charge on any atom is -0.491 e. The van der Waals surface area contributed by atoms with E-state index in [1.54, 1.807) is 18.3 Å². The first-order valence-electron chi connectivity index (χ1n) is 5.94. The van der Waals surface area contributed by atoms with Crippen molar-refractivity contribution in [2.24, 2.45) is 0 Å². The summed E-state index contributed by atoms with van der Waals surface area (Å²) in [5.41, 5.74) is 1.81. The van der Waals surface area contributed by atoms with Crippen molar-refractivity contribution in [3.8, 4) is 23.2 Å². The zero-order chi connectivity index (χ0) is 13.4. The summed E-state index contributed by atoms with van der Waals surface area (Å²) in [6.45, 7) is 2.64. The molecule has 1 aliphatic rings. The third-order valence-corrected chi connectivity index (χ3v) is 3.11. The smallest absolute Gasteiger partial charge is 0.159 e. The lowest BCUT2D eigenvalue weighted by Crippen LogP contribution is -2.04. The Labute approximate surface area is 110 Å². The molecule has 5 nitrogen and oxygen atoms in total. The summed E-state index contributed by atoms with van der Waals surface area (Å²) in [5, 5.41) is 8.92. The Bertz CT molecular complexity index is 710. The lowest BCUT2D eigenvalue weighted by atomic mass is 10.1. The van der Waals surface area contributed by atoms with Crippen LogP contribution in [0, 0.1) is 11.3 Å². The molecular formula is C14H11N3O2. The van der Waals surface area contributed by atoms with E-state index in [9.17, 15) is 4.79 Å². The Morgan fingerprint density at radius 2 is 2.37 bits per heavy atom. The standard InChI is InChI=1S/C14H11N3O2/c1-9(18)10-2-3-12-13(6-10)19-5-4-17-8-11(7-15)16-14(12)17/h2-3,6,8H,4-5H2,1H3. The molecule has 1 aliphatic heterocycles. The number of hydrogen-bond donors (Lipinski definition) is 0. The molecule has 94 valence electrons. The van der Waals surface area contributed by atoms with E-state index in [0.717, 1.165) is 5.56 Å². The number of nitriles is 1. The number of carbonyl (C=O) groups excluding carboxylic acids is 1. The van der Waals surface area contributed by atoms with Crippen LogP contribution in [0.5, 0.6) is 5.75 Å². The Hall–Kier alpha value is -2.61. The number of hydrogen-bond acceptors (Lipinski definition) is 4. The average Bonchev–Trinajstić information content (AvgIpc) is 2.74. The summed E-state index contributed by atoms with van der Waals surface area (Å²) >= 11 is 0. The van der Waals surface area contributed by atoms with Crippen LogP contribution in [0.2, 0.25) is 0 Å². The maximum Gasteiger partial charge on any atom is 0.159 e. The molecule has 0 N–H and O–H groups in total. The van der Waals surface area contributed by atoms with Gasteiger partial charge in [-0.3, -0.25) is 4.79 Å². The molecule has 0 unspecified atom stereocenters. The predicted molar refractivity (Wildman–Crippen MR) is 67.9 cm³/mol. The van der Waals surface area contributed by atoms with Crippen LogP contribution in [0.1, 0.15) is 23.0 Å². The largest absolute Gasteiger partial charge is 0.491 e. The maximum atomic E-state index is 11.4. The average molecular weight is 253 g/mol. The first-order chi connectivity index (χ1) is 9.19. The van der Waals surface area contributed by atoms with Crippen molar-refractivity contribution in [1.29, 1.82) is 5.26 Å². The molecule has 0 bridgehead atoms. The highest BCUT2D eigenvalue weighted by molar-refractivity contribution is 5.95. The summed E-state index contributed by atoms with van der Waals surface area (Å²) in [6.07, 6.45) is 1.71. The highest BCUT2D eigenvalue weighted by Gasteiger charge is 2.19. The van der Waals surface area contributed by atoms with Gasteiger partial charge in [0.15, 0.2) is 11.5 Å². The number of ketones is 1. The van der Waals surface area contributed by atoms with Gasteiger partial charge in [-0.05, 0) is 19.1 Å². The molecule has 1 aromatic carbocycles. The van der Waals surface area contributed by atoms with Gasteiger partial charge in [0.2, 0.25) is 0 Å². The van der Waals surface area contributed by atoms with Crippen LogP contribution in [-0.4, -0.2) is 21.9 Å². The normalized spacial score (nSPS) is 12.6. The minimum absolute atomic E-state index is 0.00305. The molecule has 0 spiro atoms. The van der Waals surface area contributed by atoms with Crippen LogP contribution in [0.25, 0.3) is 11.4 Å². The van der Waals surface area contributed by atoms with Crippen molar-refractivity contribution in [2.75, 3.05) is 6.61 Å². The van der Waals surface area contributed by atoms with Gasteiger partial charge >= 0.3 is 0 Å². The SMILES string of the molecule is CC(=O)c1ccc2c(c1)OCCn1cc(C#N)nc1-2. The van der Waals surface area contributed by atoms with E-state index < -0.39 is 0 Å². The van der Waals surface area contributed by atoms with E-state index in [2.05, 4.69) is 4.98 Å². The number of carbonyl (C=O) groups is 1. The zero-order valence-corrected chi connectivity index (χ0v) is 10.4. The first-order valence-corrected chi connectivity index (χ1v) is 5.94. The van der Waals surface area contributed by atoms with Gasteiger partial charge in [0.05, 0.1) is 12.1 Å². The number of nitrogens with zero attached hydrogens (tertiary/aromatic N) is 3. The molecule has 0 radical (unpaired) electrons. The summed E-state index contributed by atoms with van der Waals surface area (Å²) in [5.74, 6) is 1.34. The quantitative estimate of drug-likeness (QED) is 0.729. The molecule has 0 aliphatic carbocycles. The zero-order valence-electron chi connectivity index (χ0n) is 10.4. The van der Waals surface area contributed by atoms with Crippen molar-refractivity contribution < 1.29 is 9.53 Å². The van der Waals surface area contributed by atoms with E-state index in [1.165, 1.54) is 6.92 Å². The maximum absolute atomic E-state index is 11.4. The van der Waals surface area contributed by atoms with Crippen LogP contribution < -0.4 is 4.74 Å². The number of imidazole rings is 1. The fourth-order valence-corrected chi connectivity index (χ4v) is 2.15. The van der Waals surface area contributed by atoms with Crippen LogP contribution in [0.4, 0.5) is 0 Å².